The fraction of sp³-hybridized carbons (Fsp3) is 1.00. The molecule has 0 N–H and O–H groups in total. The van der Waals surface area contributed by atoms with Gasteiger partial charge in [0.25, 0.3) is 0 Å². The van der Waals surface area contributed by atoms with Crippen LogP contribution in [-0.2, 0) is 18.6 Å². The summed E-state index contributed by atoms with van der Waals surface area (Å²) in [5, 5.41) is 0. The highest BCUT2D eigenvalue weighted by Gasteiger charge is 2.59. The lowest BCUT2D eigenvalue weighted by atomic mass is 9.49. The van der Waals surface area contributed by atoms with Crippen molar-refractivity contribution in [3.8, 4) is 0 Å². The summed E-state index contributed by atoms with van der Waals surface area (Å²) in [5.41, 5.74) is -1.04. The van der Waals surface area contributed by atoms with Gasteiger partial charge in [-0.3, -0.25) is 0 Å². The first-order valence-corrected chi connectivity index (χ1v) is 10.4. The van der Waals surface area contributed by atoms with Gasteiger partial charge in [-0.15, -0.1) is 0 Å². The summed E-state index contributed by atoms with van der Waals surface area (Å²) in [6, 6.07) is 0. The van der Waals surface area contributed by atoms with Crippen molar-refractivity contribution in [1.82, 2.24) is 0 Å². The molecule has 0 aromatic carbocycles. The molecule has 4 atom stereocenters. The van der Waals surface area contributed by atoms with E-state index in [9.17, 15) is 0 Å². The van der Waals surface area contributed by atoms with Crippen LogP contribution in [0.3, 0.4) is 0 Å². The maximum absolute atomic E-state index is 6.36. The van der Waals surface area contributed by atoms with Gasteiger partial charge in [-0.1, -0.05) is 13.8 Å². The molecule has 1 aliphatic carbocycles. The summed E-state index contributed by atoms with van der Waals surface area (Å²) in [4.78, 5) is 0. The van der Waals surface area contributed by atoms with Crippen molar-refractivity contribution in [3.63, 3.8) is 0 Å². The van der Waals surface area contributed by atoms with E-state index in [4.69, 9.17) is 18.6 Å². The normalized spacial score (nSPS) is 40.8. The van der Waals surface area contributed by atoms with Crippen molar-refractivity contribution in [2.24, 2.45) is 11.8 Å². The third kappa shape index (κ3) is 3.29. The predicted molar refractivity (Wildman–Crippen MR) is 107 cm³/mol. The fourth-order valence-electron chi connectivity index (χ4n) is 4.56. The molecule has 0 radical (unpaired) electrons. The quantitative estimate of drug-likeness (QED) is 0.648. The Labute approximate surface area is 161 Å². The second-order valence-corrected chi connectivity index (χ2v) is 11.0. The maximum atomic E-state index is 6.36. The zero-order chi connectivity index (χ0) is 19.7. The number of rotatable bonds is 2. The molecule has 2 saturated heterocycles. The molecule has 4 unspecified atom stereocenters. The Balaban J connectivity index is 1.69. The van der Waals surface area contributed by atoms with Gasteiger partial charge in [0.15, 0.2) is 0 Å². The highest BCUT2D eigenvalue weighted by Crippen LogP contribution is 2.53. The van der Waals surface area contributed by atoms with E-state index >= 15 is 0 Å². The smallest absolute Gasteiger partial charge is 0.403 e. The summed E-state index contributed by atoms with van der Waals surface area (Å²) in [5.74, 6) is 1.88. The van der Waals surface area contributed by atoms with Crippen LogP contribution >= 0.6 is 0 Å². The molecule has 0 aromatic heterocycles. The molecule has 148 valence electrons. The SMILES string of the molecule is CC1CC(B2OC(C)(C)C(C)(C)O2)C(C)CC1B1OC(C)(C)C(C)(C)O1. The average Bonchev–Trinajstić information content (AvgIpc) is 2.80. The molecule has 0 amide bonds. The first-order chi connectivity index (χ1) is 11.7. The highest BCUT2D eigenvalue weighted by molar-refractivity contribution is 6.49. The van der Waals surface area contributed by atoms with Gasteiger partial charge < -0.3 is 18.6 Å². The monoisotopic (exact) mass is 364 g/mol. The van der Waals surface area contributed by atoms with E-state index in [0.717, 1.165) is 12.8 Å². The summed E-state index contributed by atoms with van der Waals surface area (Å²) in [6.07, 6.45) is 2.18. The van der Waals surface area contributed by atoms with E-state index in [1.165, 1.54) is 0 Å². The van der Waals surface area contributed by atoms with Crippen LogP contribution in [0.1, 0.15) is 82.1 Å². The maximum Gasteiger partial charge on any atom is 0.461 e. The van der Waals surface area contributed by atoms with Crippen molar-refractivity contribution in [2.45, 2.75) is 116 Å². The molecular weight excluding hydrogens is 326 g/mol. The zero-order valence-electron chi connectivity index (χ0n) is 18.5. The summed E-state index contributed by atoms with van der Waals surface area (Å²) >= 11 is 0. The van der Waals surface area contributed by atoms with Gasteiger partial charge in [0.2, 0.25) is 0 Å². The molecule has 0 spiro atoms. The summed E-state index contributed by atoms with van der Waals surface area (Å²) < 4.78 is 25.5. The van der Waals surface area contributed by atoms with Crippen LogP contribution in [0.4, 0.5) is 0 Å². The van der Waals surface area contributed by atoms with Gasteiger partial charge in [0.1, 0.15) is 0 Å². The molecule has 2 aliphatic heterocycles. The Hall–Kier alpha value is -0.0301. The molecule has 6 heteroatoms. The van der Waals surface area contributed by atoms with Crippen LogP contribution in [0.25, 0.3) is 0 Å². The Morgan fingerprint density at radius 3 is 1.00 bits per heavy atom. The molecule has 0 bridgehead atoms. The molecule has 1 saturated carbocycles. The van der Waals surface area contributed by atoms with Crippen LogP contribution in [0.5, 0.6) is 0 Å². The lowest BCUT2D eigenvalue weighted by molar-refractivity contribution is 0.00578. The minimum absolute atomic E-state index is 0.114. The number of hydrogen-bond donors (Lipinski definition) is 0. The van der Waals surface area contributed by atoms with Crippen LogP contribution in [-0.4, -0.2) is 36.6 Å². The Morgan fingerprint density at radius 1 is 0.538 bits per heavy atom. The molecule has 3 fully saturated rings. The third-order valence-electron chi connectivity index (χ3n) is 7.99. The van der Waals surface area contributed by atoms with Crippen molar-refractivity contribution in [3.05, 3.63) is 0 Å². The third-order valence-corrected chi connectivity index (χ3v) is 7.99. The van der Waals surface area contributed by atoms with Gasteiger partial charge in [-0.2, -0.15) is 0 Å². The first-order valence-electron chi connectivity index (χ1n) is 10.4. The van der Waals surface area contributed by atoms with Crippen LogP contribution in [0, 0.1) is 11.8 Å². The molecular formula is C20H38B2O4. The van der Waals surface area contributed by atoms with Gasteiger partial charge in [0.05, 0.1) is 22.4 Å². The van der Waals surface area contributed by atoms with Gasteiger partial charge in [0, 0.05) is 0 Å². The minimum atomic E-state index is -0.261. The minimum Gasteiger partial charge on any atom is -0.403 e. The molecule has 3 rings (SSSR count). The Morgan fingerprint density at radius 2 is 0.769 bits per heavy atom. The number of hydrogen-bond acceptors (Lipinski definition) is 4. The van der Waals surface area contributed by atoms with E-state index in [1.807, 2.05) is 0 Å². The van der Waals surface area contributed by atoms with E-state index in [1.54, 1.807) is 0 Å². The lowest BCUT2D eigenvalue weighted by Crippen LogP contribution is -2.41. The first kappa shape index (κ1) is 20.7. The van der Waals surface area contributed by atoms with Gasteiger partial charge in [-0.25, -0.2) is 0 Å². The summed E-state index contributed by atoms with van der Waals surface area (Å²) in [7, 11) is -0.228. The van der Waals surface area contributed by atoms with Crippen molar-refractivity contribution >= 4 is 14.2 Å². The molecule has 2 heterocycles. The van der Waals surface area contributed by atoms with Gasteiger partial charge >= 0.3 is 14.2 Å². The average molecular weight is 364 g/mol. The van der Waals surface area contributed by atoms with Crippen molar-refractivity contribution < 1.29 is 18.6 Å². The highest BCUT2D eigenvalue weighted by atomic mass is 16.7. The van der Waals surface area contributed by atoms with E-state index < -0.39 is 0 Å². The largest absolute Gasteiger partial charge is 0.461 e. The second-order valence-electron chi connectivity index (χ2n) is 11.0. The lowest BCUT2D eigenvalue weighted by Gasteiger charge is -2.40. The predicted octanol–water partition coefficient (Wildman–Crippen LogP) is 4.98. The fourth-order valence-corrected chi connectivity index (χ4v) is 4.56. The molecule has 3 aliphatic rings. The van der Waals surface area contributed by atoms with E-state index in [0.29, 0.717) is 23.5 Å². The van der Waals surface area contributed by atoms with Crippen molar-refractivity contribution in [1.29, 1.82) is 0 Å². The zero-order valence-corrected chi connectivity index (χ0v) is 18.5. The van der Waals surface area contributed by atoms with Crippen LogP contribution in [0.2, 0.25) is 11.6 Å². The molecule has 0 aromatic rings. The Bertz CT molecular complexity index is 466. The molecule has 26 heavy (non-hydrogen) atoms. The summed E-state index contributed by atoms with van der Waals surface area (Å²) in [6.45, 7) is 21.8. The van der Waals surface area contributed by atoms with E-state index in [2.05, 4.69) is 69.2 Å². The van der Waals surface area contributed by atoms with Crippen molar-refractivity contribution in [2.75, 3.05) is 0 Å². The topological polar surface area (TPSA) is 36.9 Å². The van der Waals surface area contributed by atoms with Crippen LogP contribution in [0.15, 0.2) is 0 Å². The van der Waals surface area contributed by atoms with Gasteiger partial charge in [-0.05, 0) is 91.7 Å². The Kier molecular flexibility index (Phi) is 4.96. The van der Waals surface area contributed by atoms with Crippen LogP contribution < -0.4 is 0 Å². The van der Waals surface area contributed by atoms with E-state index in [-0.39, 0.29) is 36.6 Å². The second kappa shape index (κ2) is 6.23. The standard InChI is InChI=1S/C20H38B2O4/c1-13-11-16(22-25-19(7,8)20(9,10)26-22)14(2)12-15(13)21-23-17(3,4)18(5,6)24-21/h13-16H,11-12H2,1-10H3. The molecule has 4 nitrogen and oxygen atoms in total.